The zero-order valence-corrected chi connectivity index (χ0v) is 13.0. The van der Waals surface area contributed by atoms with E-state index in [1.807, 2.05) is 36.0 Å². The molecule has 18 heavy (non-hydrogen) atoms. The van der Waals surface area contributed by atoms with Crippen molar-refractivity contribution in [2.24, 2.45) is 0 Å². The highest BCUT2D eigenvalue weighted by atomic mass is 79.9. The van der Waals surface area contributed by atoms with Crippen LogP contribution in [0.2, 0.25) is 0 Å². The van der Waals surface area contributed by atoms with Gasteiger partial charge in [0.05, 0.1) is 0 Å². The molecule has 0 amide bonds. The average Bonchev–Trinajstić information content (AvgIpc) is 2.89. The number of thioether (sulfide) groups is 1. The Morgan fingerprint density at radius 1 is 1.56 bits per heavy atom. The van der Waals surface area contributed by atoms with Crippen molar-refractivity contribution in [3.05, 3.63) is 34.3 Å². The van der Waals surface area contributed by atoms with Gasteiger partial charge in [-0.05, 0) is 31.4 Å². The van der Waals surface area contributed by atoms with E-state index in [1.165, 1.54) is 17.9 Å². The predicted molar refractivity (Wildman–Crippen MR) is 81.4 cm³/mol. The number of ketones is 1. The molecule has 0 N–H and O–H groups in total. The SMILES string of the molecule is CN(CCC(=O)c1cccc(Br)c1)C1CCSC1. The Hall–Kier alpha value is -0.320. The lowest BCUT2D eigenvalue weighted by Gasteiger charge is -2.22. The van der Waals surface area contributed by atoms with E-state index < -0.39 is 0 Å². The Morgan fingerprint density at radius 2 is 2.39 bits per heavy atom. The molecular weight excluding hydrogens is 310 g/mol. The summed E-state index contributed by atoms with van der Waals surface area (Å²) >= 11 is 5.41. The summed E-state index contributed by atoms with van der Waals surface area (Å²) < 4.78 is 0.967. The molecule has 1 aliphatic rings. The highest BCUT2D eigenvalue weighted by Gasteiger charge is 2.20. The lowest BCUT2D eigenvalue weighted by atomic mass is 10.1. The molecule has 1 aliphatic heterocycles. The average molecular weight is 328 g/mol. The van der Waals surface area contributed by atoms with Gasteiger partial charge in [0.1, 0.15) is 0 Å². The molecule has 0 saturated carbocycles. The maximum absolute atomic E-state index is 12.1. The van der Waals surface area contributed by atoms with Gasteiger partial charge in [-0.3, -0.25) is 4.79 Å². The van der Waals surface area contributed by atoms with E-state index >= 15 is 0 Å². The second kappa shape index (κ2) is 6.73. The van der Waals surface area contributed by atoms with Gasteiger partial charge in [0.15, 0.2) is 5.78 Å². The van der Waals surface area contributed by atoms with Crippen molar-refractivity contribution in [1.82, 2.24) is 4.90 Å². The van der Waals surface area contributed by atoms with Gasteiger partial charge in [-0.1, -0.05) is 28.1 Å². The number of hydrogen-bond acceptors (Lipinski definition) is 3. The maximum Gasteiger partial charge on any atom is 0.164 e. The Morgan fingerprint density at radius 3 is 3.06 bits per heavy atom. The molecule has 2 rings (SSSR count). The smallest absolute Gasteiger partial charge is 0.164 e. The van der Waals surface area contributed by atoms with Gasteiger partial charge in [-0.2, -0.15) is 11.8 Å². The fourth-order valence-electron chi connectivity index (χ4n) is 2.14. The van der Waals surface area contributed by atoms with Gasteiger partial charge >= 0.3 is 0 Å². The van der Waals surface area contributed by atoms with Gasteiger partial charge < -0.3 is 4.90 Å². The summed E-state index contributed by atoms with van der Waals surface area (Å²) in [6.07, 6.45) is 1.86. The van der Waals surface area contributed by atoms with Crippen LogP contribution in [0.15, 0.2) is 28.7 Å². The van der Waals surface area contributed by atoms with E-state index in [2.05, 4.69) is 27.9 Å². The highest BCUT2D eigenvalue weighted by molar-refractivity contribution is 9.10. The summed E-state index contributed by atoms with van der Waals surface area (Å²) in [5.74, 6) is 2.70. The molecule has 4 heteroatoms. The molecule has 1 saturated heterocycles. The molecule has 0 bridgehead atoms. The number of rotatable bonds is 5. The van der Waals surface area contributed by atoms with Crippen molar-refractivity contribution in [2.75, 3.05) is 25.1 Å². The molecule has 1 fully saturated rings. The molecule has 98 valence electrons. The third kappa shape index (κ3) is 3.84. The van der Waals surface area contributed by atoms with Gasteiger partial charge in [0, 0.05) is 34.8 Å². The Labute approximate surface area is 121 Å². The fraction of sp³-hybridized carbons (Fsp3) is 0.500. The van der Waals surface area contributed by atoms with Gasteiger partial charge in [0.25, 0.3) is 0 Å². The summed E-state index contributed by atoms with van der Waals surface area (Å²) in [4.78, 5) is 14.4. The Bertz CT molecular complexity index is 418. The van der Waals surface area contributed by atoms with Crippen LogP contribution in [-0.2, 0) is 0 Å². The number of Topliss-reactive ketones (excluding diaryl/α,β-unsaturated/α-hetero) is 1. The van der Waals surface area contributed by atoms with E-state index in [-0.39, 0.29) is 5.78 Å². The Kier molecular flexibility index (Phi) is 5.27. The summed E-state index contributed by atoms with van der Waals surface area (Å²) in [7, 11) is 2.13. The maximum atomic E-state index is 12.1. The zero-order valence-electron chi connectivity index (χ0n) is 10.6. The summed E-state index contributed by atoms with van der Waals surface area (Å²) in [5.41, 5.74) is 0.804. The number of benzene rings is 1. The number of halogens is 1. The van der Waals surface area contributed by atoms with Crippen molar-refractivity contribution in [2.45, 2.75) is 18.9 Å². The first kappa shape index (κ1) is 14.1. The number of carbonyl (C=O) groups excluding carboxylic acids is 1. The second-order valence-corrected chi connectivity index (χ2v) is 6.75. The molecule has 1 unspecified atom stereocenters. The molecule has 1 atom stereocenters. The van der Waals surface area contributed by atoms with Crippen molar-refractivity contribution in [3.8, 4) is 0 Å². The van der Waals surface area contributed by atoms with Crippen molar-refractivity contribution in [1.29, 1.82) is 0 Å². The molecular formula is C14H18BrNOS. The Balaban J connectivity index is 1.84. The van der Waals surface area contributed by atoms with E-state index in [9.17, 15) is 4.79 Å². The zero-order chi connectivity index (χ0) is 13.0. The molecule has 0 aliphatic carbocycles. The van der Waals surface area contributed by atoms with Gasteiger partial charge in [-0.25, -0.2) is 0 Å². The van der Waals surface area contributed by atoms with E-state index in [4.69, 9.17) is 0 Å². The summed E-state index contributed by atoms with van der Waals surface area (Å²) in [6.45, 7) is 0.858. The number of carbonyl (C=O) groups is 1. The van der Waals surface area contributed by atoms with E-state index in [0.29, 0.717) is 12.5 Å². The number of hydrogen-bond donors (Lipinski definition) is 0. The molecule has 1 aromatic rings. The standard InChI is InChI=1S/C14H18BrNOS/c1-16(13-6-8-18-10-13)7-5-14(17)11-3-2-4-12(15)9-11/h2-4,9,13H,5-8,10H2,1H3. The quantitative estimate of drug-likeness (QED) is 0.772. The molecule has 0 aromatic heterocycles. The third-order valence-electron chi connectivity index (χ3n) is 3.37. The lowest BCUT2D eigenvalue weighted by Crippen LogP contribution is -2.33. The minimum atomic E-state index is 0.230. The van der Waals surface area contributed by atoms with Crippen molar-refractivity contribution in [3.63, 3.8) is 0 Å². The number of nitrogens with zero attached hydrogens (tertiary/aromatic N) is 1. The third-order valence-corrected chi connectivity index (χ3v) is 5.01. The van der Waals surface area contributed by atoms with Crippen molar-refractivity contribution >= 4 is 33.5 Å². The first-order valence-corrected chi connectivity index (χ1v) is 8.18. The van der Waals surface area contributed by atoms with Crippen LogP contribution >= 0.6 is 27.7 Å². The van der Waals surface area contributed by atoms with Gasteiger partial charge in [0.2, 0.25) is 0 Å². The van der Waals surface area contributed by atoms with Gasteiger partial charge in [-0.15, -0.1) is 0 Å². The largest absolute Gasteiger partial charge is 0.302 e. The van der Waals surface area contributed by atoms with Crippen LogP contribution in [0.25, 0.3) is 0 Å². The van der Waals surface area contributed by atoms with Crippen LogP contribution in [0.5, 0.6) is 0 Å². The van der Waals surface area contributed by atoms with Crippen LogP contribution in [0.4, 0.5) is 0 Å². The first-order valence-electron chi connectivity index (χ1n) is 6.23. The second-order valence-electron chi connectivity index (χ2n) is 4.68. The molecule has 2 nitrogen and oxygen atoms in total. The fourth-order valence-corrected chi connectivity index (χ4v) is 3.83. The summed E-state index contributed by atoms with van der Waals surface area (Å²) in [6, 6.07) is 8.30. The minimum absolute atomic E-state index is 0.230. The monoisotopic (exact) mass is 327 g/mol. The lowest BCUT2D eigenvalue weighted by molar-refractivity contribution is 0.0963. The molecule has 0 spiro atoms. The summed E-state index contributed by atoms with van der Waals surface area (Å²) in [5, 5.41) is 0. The molecule has 1 heterocycles. The molecule has 1 aromatic carbocycles. The topological polar surface area (TPSA) is 20.3 Å². The minimum Gasteiger partial charge on any atom is -0.302 e. The van der Waals surface area contributed by atoms with Crippen LogP contribution in [0, 0.1) is 0 Å². The molecule has 0 radical (unpaired) electrons. The van der Waals surface area contributed by atoms with Crippen LogP contribution in [-0.4, -0.2) is 41.8 Å². The first-order chi connectivity index (χ1) is 8.66. The van der Waals surface area contributed by atoms with Crippen molar-refractivity contribution < 1.29 is 4.79 Å². The normalized spacial score (nSPS) is 19.4. The van der Waals surface area contributed by atoms with Crippen LogP contribution in [0.1, 0.15) is 23.2 Å². The van der Waals surface area contributed by atoms with Crippen LogP contribution < -0.4 is 0 Å². The van der Waals surface area contributed by atoms with Crippen LogP contribution in [0.3, 0.4) is 0 Å². The van der Waals surface area contributed by atoms with E-state index in [1.54, 1.807) is 0 Å². The predicted octanol–water partition coefficient (Wildman–Crippen LogP) is 3.46. The van der Waals surface area contributed by atoms with E-state index in [0.717, 1.165) is 16.6 Å². The highest BCUT2D eigenvalue weighted by Crippen LogP contribution is 2.21.